The standard InChI is InChI=1S/C35H28N4O2S2/c40-32(38-34-36-30(22-42-34)28-18-14-26(15-19-28)24-8-3-1-4-9-24)12-7-13-33(41)39-35-37-31(23-43-35)29-20-16-27(17-21-29)25-10-5-2-6-11-25/h1-6,8-11,14-23H,7,12-13H2,(H,36,38,40)(H,37,39,41). The number of carbonyl (C=O) groups is 2. The molecule has 2 heterocycles. The van der Waals surface area contributed by atoms with Crippen LogP contribution in [0.15, 0.2) is 120 Å². The Morgan fingerprint density at radius 2 is 0.837 bits per heavy atom. The number of hydrogen-bond acceptors (Lipinski definition) is 6. The van der Waals surface area contributed by atoms with Gasteiger partial charge in [0.2, 0.25) is 11.8 Å². The van der Waals surface area contributed by atoms with E-state index < -0.39 is 0 Å². The lowest BCUT2D eigenvalue weighted by Crippen LogP contribution is -2.14. The average molecular weight is 601 g/mol. The molecule has 2 N–H and O–H groups in total. The van der Waals surface area contributed by atoms with E-state index in [1.54, 1.807) is 0 Å². The van der Waals surface area contributed by atoms with Gasteiger partial charge in [0.1, 0.15) is 0 Å². The summed E-state index contributed by atoms with van der Waals surface area (Å²) in [5.41, 5.74) is 8.21. The predicted molar refractivity (Wildman–Crippen MR) is 177 cm³/mol. The van der Waals surface area contributed by atoms with E-state index in [0.717, 1.165) is 44.8 Å². The lowest BCUT2D eigenvalue weighted by Gasteiger charge is -2.04. The number of benzene rings is 4. The summed E-state index contributed by atoms with van der Waals surface area (Å²) in [6.45, 7) is 0. The molecule has 8 heteroatoms. The normalized spacial score (nSPS) is 10.8. The maximum absolute atomic E-state index is 12.5. The number of carbonyl (C=O) groups excluding carboxylic acids is 2. The van der Waals surface area contributed by atoms with Crippen molar-refractivity contribution in [3.05, 3.63) is 120 Å². The molecule has 212 valence electrons. The van der Waals surface area contributed by atoms with Crippen molar-refractivity contribution in [2.75, 3.05) is 10.6 Å². The van der Waals surface area contributed by atoms with Gasteiger partial charge in [-0.15, -0.1) is 22.7 Å². The third kappa shape index (κ3) is 7.30. The molecule has 4 aromatic carbocycles. The molecular formula is C35H28N4O2S2. The first-order valence-electron chi connectivity index (χ1n) is 13.9. The van der Waals surface area contributed by atoms with E-state index in [1.807, 2.05) is 71.4 Å². The quantitative estimate of drug-likeness (QED) is 0.164. The highest BCUT2D eigenvalue weighted by Crippen LogP contribution is 2.29. The van der Waals surface area contributed by atoms with Gasteiger partial charge in [0.15, 0.2) is 10.3 Å². The maximum atomic E-state index is 12.5. The second-order valence-corrected chi connectivity index (χ2v) is 11.6. The van der Waals surface area contributed by atoms with Gasteiger partial charge in [0, 0.05) is 34.7 Å². The topological polar surface area (TPSA) is 84.0 Å². The first-order valence-corrected chi connectivity index (χ1v) is 15.7. The number of amides is 2. The Morgan fingerprint density at radius 3 is 1.23 bits per heavy atom. The molecule has 0 unspecified atom stereocenters. The van der Waals surface area contributed by atoms with Crippen molar-refractivity contribution in [2.45, 2.75) is 19.3 Å². The average Bonchev–Trinajstić information content (AvgIpc) is 3.72. The minimum Gasteiger partial charge on any atom is -0.302 e. The van der Waals surface area contributed by atoms with Gasteiger partial charge in [-0.1, -0.05) is 109 Å². The van der Waals surface area contributed by atoms with Crippen molar-refractivity contribution in [3.63, 3.8) is 0 Å². The van der Waals surface area contributed by atoms with Crippen LogP contribution in [-0.2, 0) is 9.59 Å². The van der Waals surface area contributed by atoms with Crippen LogP contribution in [0, 0.1) is 0 Å². The summed E-state index contributed by atoms with van der Waals surface area (Å²) in [4.78, 5) is 34.1. The number of nitrogens with zero attached hydrogens (tertiary/aromatic N) is 2. The molecule has 0 aliphatic rings. The van der Waals surface area contributed by atoms with Crippen LogP contribution in [0.2, 0.25) is 0 Å². The molecule has 2 aromatic heterocycles. The zero-order valence-corrected chi connectivity index (χ0v) is 24.8. The van der Waals surface area contributed by atoms with Crippen LogP contribution in [0.3, 0.4) is 0 Å². The summed E-state index contributed by atoms with van der Waals surface area (Å²) in [7, 11) is 0. The summed E-state index contributed by atoms with van der Waals surface area (Å²) >= 11 is 2.77. The molecule has 0 spiro atoms. The Morgan fingerprint density at radius 1 is 0.488 bits per heavy atom. The van der Waals surface area contributed by atoms with Gasteiger partial charge in [-0.25, -0.2) is 9.97 Å². The van der Waals surface area contributed by atoms with Crippen molar-refractivity contribution in [1.82, 2.24) is 9.97 Å². The predicted octanol–water partition coefficient (Wildman–Crippen LogP) is 9.02. The molecule has 0 radical (unpaired) electrons. The van der Waals surface area contributed by atoms with Gasteiger partial charge >= 0.3 is 0 Å². The number of thiazole rings is 2. The van der Waals surface area contributed by atoms with E-state index in [-0.39, 0.29) is 24.7 Å². The Hall–Kier alpha value is -4.92. The fourth-order valence-electron chi connectivity index (χ4n) is 4.63. The van der Waals surface area contributed by atoms with Gasteiger partial charge in [-0.2, -0.15) is 0 Å². The van der Waals surface area contributed by atoms with Crippen LogP contribution in [0.1, 0.15) is 19.3 Å². The van der Waals surface area contributed by atoms with E-state index in [1.165, 1.54) is 22.7 Å². The Bertz CT molecular complexity index is 1680. The minimum absolute atomic E-state index is 0.163. The van der Waals surface area contributed by atoms with Crippen molar-refractivity contribution < 1.29 is 9.59 Å². The van der Waals surface area contributed by atoms with E-state index >= 15 is 0 Å². The van der Waals surface area contributed by atoms with E-state index in [9.17, 15) is 9.59 Å². The van der Waals surface area contributed by atoms with E-state index in [4.69, 9.17) is 0 Å². The summed E-state index contributed by atoms with van der Waals surface area (Å²) in [6.07, 6.45) is 0.881. The number of hydrogen-bond donors (Lipinski definition) is 2. The molecule has 0 saturated carbocycles. The molecule has 0 fully saturated rings. The largest absolute Gasteiger partial charge is 0.302 e. The Labute approximate surface area is 258 Å². The van der Waals surface area contributed by atoms with Crippen LogP contribution in [0.5, 0.6) is 0 Å². The Kier molecular flexibility index (Phi) is 8.77. The summed E-state index contributed by atoms with van der Waals surface area (Å²) in [5.74, 6) is -0.327. The third-order valence-corrected chi connectivity index (χ3v) is 8.40. The van der Waals surface area contributed by atoms with Gasteiger partial charge < -0.3 is 10.6 Å². The number of aromatic nitrogens is 2. The first-order chi connectivity index (χ1) is 21.1. The molecule has 0 atom stereocenters. The summed E-state index contributed by atoms with van der Waals surface area (Å²) in [6, 6.07) is 36.9. The second-order valence-electron chi connectivity index (χ2n) is 9.91. The minimum atomic E-state index is -0.163. The molecule has 6 nitrogen and oxygen atoms in total. The van der Waals surface area contributed by atoms with Crippen LogP contribution in [0.4, 0.5) is 10.3 Å². The number of anilines is 2. The molecule has 6 aromatic rings. The van der Waals surface area contributed by atoms with Crippen LogP contribution >= 0.6 is 22.7 Å². The lowest BCUT2D eigenvalue weighted by molar-refractivity contribution is -0.117. The van der Waals surface area contributed by atoms with Crippen LogP contribution in [0.25, 0.3) is 44.8 Å². The maximum Gasteiger partial charge on any atom is 0.226 e. The van der Waals surface area contributed by atoms with Crippen molar-refractivity contribution >= 4 is 44.8 Å². The third-order valence-electron chi connectivity index (χ3n) is 6.88. The first kappa shape index (κ1) is 28.2. The molecular weight excluding hydrogens is 573 g/mol. The molecule has 43 heavy (non-hydrogen) atoms. The Balaban J connectivity index is 0.949. The van der Waals surface area contributed by atoms with Crippen molar-refractivity contribution in [1.29, 1.82) is 0 Å². The van der Waals surface area contributed by atoms with Crippen molar-refractivity contribution in [3.8, 4) is 44.8 Å². The zero-order chi connectivity index (χ0) is 29.4. The molecule has 0 aliphatic heterocycles. The smallest absolute Gasteiger partial charge is 0.226 e. The highest BCUT2D eigenvalue weighted by molar-refractivity contribution is 7.14. The zero-order valence-electron chi connectivity index (χ0n) is 23.2. The number of rotatable bonds is 10. The molecule has 6 rings (SSSR count). The van der Waals surface area contributed by atoms with E-state index in [2.05, 4.69) is 69.1 Å². The molecule has 0 saturated heterocycles. The highest BCUT2D eigenvalue weighted by atomic mass is 32.1. The summed E-state index contributed by atoms with van der Waals surface area (Å²) < 4.78 is 0. The van der Waals surface area contributed by atoms with Gasteiger partial charge in [-0.3, -0.25) is 9.59 Å². The number of nitrogens with one attached hydrogen (secondary N) is 2. The highest BCUT2D eigenvalue weighted by Gasteiger charge is 2.12. The SMILES string of the molecule is O=C(CCCC(=O)Nc1nc(-c2ccc(-c3ccccc3)cc2)cs1)Nc1nc(-c2ccc(-c3ccccc3)cc2)cs1. The van der Waals surface area contributed by atoms with Gasteiger partial charge in [-0.05, 0) is 28.7 Å². The lowest BCUT2D eigenvalue weighted by atomic mass is 10.0. The van der Waals surface area contributed by atoms with Crippen LogP contribution in [-0.4, -0.2) is 21.8 Å². The van der Waals surface area contributed by atoms with E-state index in [0.29, 0.717) is 16.7 Å². The monoisotopic (exact) mass is 600 g/mol. The molecule has 2 amide bonds. The van der Waals surface area contributed by atoms with Gasteiger partial charge in [0.05, 0.1) is 11.4 Å². The fourth-order valence-corrected chi connectivity index (χ4v) is 6.10. The fraction of sp³-hybridized carbons (Fsp3) is 0.0857. The van der Waals surface area contributed by atoms with Gasteiger partial charge in [0.25, 0.3) is 0 Å². The second kappa shape index (κ2) is 13.4. The van der Waals surface area contributed by atoms with Crippen molar-refractivity contribution in [2.24, 2.45) is 0 Å². The summed E-state index contributed by atoms with van der Waals surface area (Å²) in [5, 5.41) is 10.7. The van der Waals surface area contributed by atoms with Crippen LogP contribution < -0.4 is 10.6 Å². The molecule has 0 bridgehead atoms. The molecule has 0 aliphatic carbocycles.